The van der Waals surface area contributed by atoms with Gasteiger partial charge in [-0.1, -0.05) is 24.3 Å². The molecule has 2 aromatic rings. The average molecular weight is 569 g/mol. The van der Waals surface area contributed by atoms with E-state index in [0.717, 1.165) is 54.5 Å². The van der Waals surface area contributed by atoms with Crippen molar-refractivity contribution < 1.29 is 14.3 Å². The van der Waals surface area contributed by atoms with Gasteiger partial charge in [0.2, 0.25) is 5.91 Å². The van der Waals surface area contributed by atoms with Crippen molar-refractivity contribution in [1.82, 2.24) is 10.6 Å². The maximum absolute atomic E-state index is 11.1. The molecule has 7 nitrogen and oxygen atoms in total. The van der Waals surface area contributed by atoms with E-state index >= 15 is 0 Å². The summed E-state index contributed by atoms with van der Waals surface area (Å²) in [6.45, 7) is 8.98. The van der Waals surface area contributed by atoms with Gasteiger partial charge in [-0.2, -0.15) is 0 Å². The Labute approximate surface area is 214 Å². The molecule has 2 rings (SSSR count). The third-order valence-corrected chi connectivity index (χ3v) is 4.71. The Morgan fingerprint density at radius 3 is 2.48 bits per heavy atom. The Balaban J connectivity index is 0.00000544. The minimum Gasteiger partial charge on any atom is -0.493 e. The van der Waals surface area contributed by atoms with E-state index in [1.54, 1.807) is 7.11 Å². The van der Waals surface area contributed by atoms with Crippen molar-refractivity contribution in [1.29, 1.82) is 0 Å². The minimum absolute atomic E-state index is 0. The number of rotatable bonds is 12. The van der Waals surface area contributed by atoms with E-state index in [1.807, 2.05) is 31.2 Å². The molecule has 0 unspecified atom stereocenters. The SMILES string of the molecule is CCNC(=NCc1ccc(C)cc1OCCCOC)NCCc1ccc(NC(C)=O)cc1.I. The first-order chi connectivity index (χ1) is 15.5. The second kappa shape index (κ2) is 16.3. The van der Waals surface area contributed by atoms with Gasteiger partial charge in [-0.25, -0.2) is 4.99 Å². The highest BCUT2D eigenvalue weighted by atomic mass is 127. The molecule has 1 amide bonds. The van der Waals surface area contributed by atoms with Gasteiger partial charge in [0, 0.05) is 51.4 Å². The molecule has 8 heteroatoms. The Kier molecular flexibility index (Phi) is 14.2. The summed E-state index contributed by atoms with van der Waals surface area (Å²) in [4.78, 5) is 15.9. The van der Waals surface area contributed by atoms with E-state index in [-0.39, 0.29) is 29.9 Å². The quantitative estimate of drug-likeness (QED) is 0.154. The highest BCUT2D eigenvalue weighted by Gasteiger charge is 2.06. The predicted molar refractivity (Wildman–Crippen MR) is 146 cm³/mol. The fourth-order valence-corrected chi connectivity index (χ4v) is 3.10. The third kappa shape index (κ3) is 11.4. The molecule has 0 aromatic heterocycles. The highest BCUT2D eigenvalue weighted by Crippen LogP contribution is 2.21. The van der Waals surface area contributed by atoms with Gasteiger partial charge in [0.05, 0.1) is 13.2 Å². The first-order valence-corrected chi connectivity index (χ1v) is 11.1. The summed E-state index contributed by atoms with van der Waals surface area (Å²) in [6, 6.07) is 14.1. The molecule has 0 fully saturated rings. The van der Waals surface area contributed by atoms with Crippen LogP contribution in [0.2, 0.25) is 0 Å². The summed E-state index contributed by atoms with van der Waals surface area (Å²) >= 11 is 0. The normalized spacial score (nSPS) is 10.8. The Hall–Kier alpha value is -2.33. The lowest BCUT2D eigenvalue weighted by Crippen LogP contribution is -2.38. The molecular weight excluding hydrogens is 531 g/mol. The average Bonchev–Trinajstić information content (AvgIpc) is 2.77. The summed E-state index contributed by atoms with van der Waals surface area (Å²) < 4.78 is 11.1. The predicted octanol–water partition coefficient (Wildman–Crippen LogP) is 4.28. The van der Waals surface area contributed by atoms with Crippen LogP contribution in [0.5, 0.6) is 5.75 Å². The van der Waals surface area contributed by atoms with Crippen LogP contribution in [0.3, 0.4) is 0 Å². The standard InChI is InChI=1S/C25H36N4O3.HI/c1-5-26-25(27-14-13-21-8-11-23(12-9-21)29-20(3)30)28-18-22-10-7-19(2)17-24(22)32-16-6-15-31-4;/h7-12,17H,5-6,13-16,18H2,1-4H3,(H,29,30)(H2,26,27,28);1H. The van der Waals surface area contributed by atoms with Crippen LogP contribution in [-0.2, 0) is 22.5 Å². The molecule has 3 N–H and O–H groups in total. The third-order valence-electron chi connectivity index (χ3n) is 4.71. The Morgan fingerprint density at radius 2 is 1.82 bits per heavy atom. The van der Waals surface area contributed by atoms with Gasteiger partial charge in [0.1, 0.15) is 5.75 Å². The van der Waals surface area contributed by atoms with Gasteiger partial charge in [-0.05, 0) is 49.6 Å². The molecular formula is C25H37IN4O3. The largest absolute Gasteiger partial charge is 0.493 e. The lowest BCUT2D eigenvalue weighted by molar-refractivity contribution is -0.114. The number of aryl methyl sites for hydroxylation is 1. The molecule has 0 heterocycles. The number of aliphatic imine (C=N–C) groups is 1. The molecule has 0 bridgehead atoms. The van der Waals surface area contributed by atoms with Crippen molar-refractivity contribution >= 4 is 41.5 Å². The molecule has 0 aliphatic heterocycles. The number of methoxy groups -OCH3 is 1. The van der Waals surface area contributed by atoms with Gasteiger partial charge in [0.15, 0.2) is 5.96 Å². The van der Waals surface area contributed by atoms with Crippen LogP contribution in [0, 0.1) is 6.92 Å². The number of carbonyl (C=O) groups excluding carboxylic acids is 1. The number of nitrogens with one attached hydrogen (secondary N) is 3. The number of anilines is 1. The molecule has 0 atom stereocenters. The number of guanidine groups is 1. The maximum Gasteiger partial charge on any atom is 0.221 e. The topological polar surface area (TPSA) is 84.0 Å². The Morgan fingerprint density at radius 1 is 1.06 bits per heavy atom. The van der Waals surface area contributed by atoms with Crippen LogP contribution in [0.15, 0.2) is 47.5 Å². The minimum atomic E-state index is -0.0666. The number of benzene rings is 2. The van der Waals surface area contributed by atoms with Crippen molar-refractivity contribution in [3.05, 3.63) is 59.2 Å². The van der Waals surface area contributed by atoms with Crippen molar-refractivity contribution in [3.63, 3.8) is 0 Å². The van der Waals surface area contributed by atoms with Crippen LogP contribution in [0.4, 0.5) is 5.69 Å². The van der Waals surface area contributed by atoms with Gasteiger partial charge < -0.3 is 25.4 Å². The van der Waals surface area contributed by atoms with E-state index in [9.17, 15) is 4.79 Å². The number of amides is 1. The number of ether oxygens (including phenoxy) is 2. The van der Waals surface area contributed by atoms with Crippen molar-refractivity contribution in [2.45, 2.75) is 40.2 Å². The van der Waals surface area contributed by atoms with Crippen molar-refractivity contribution in [2.24, 2.45) is 4.99 Å². The van der Waals surface area contributed by atoms with Crippen LogP contribution < -0.4 is 20.7 Å². The van der Waals surface area contributed by atoms with E-state index < -0.39 is 0 Å². The van der Waals surface area contributed by atoms with E-state index in [1.165, 1.54) is 12.5 Å². The number of halogens is 1. The second-order valence-electron chi connectivity index (χ2n) is 7.56. The van der Waals surface area contributed by atoms with Crippen LogP contribution in [-0.4, -0.2) is 45.3 Å². The van der Waals surface area contributed by atoms with Gasteiger partial charge in [-0.3, -0.25) is 4.79 Å². The molecule has 0 radical (unpaired) electrons. The second-order valence-corrected chi connectivity index (χ2v) is 7.56. The van der Waals surface area contributed by atoms with Gasteiger partial charge >= 0.3 is 0 Å². The number of nitrogens with zero attached hydrogens (tertiary/aromatic N) is 1. The van der Waals surface area contributed by atoms with Crippen molar-refractivity contribution in [2.75, 3.05) is 38.7 Å². The monoisotopic (exact) mass is 568 g/mol. The molecule has 0 aliphatic carbocycles. The van der Waals surface area contributed by atoms with E-state index in [4.69, 9.17) is 14.5 Å². The van der Waals surface area contributed by atoms with Gasteiger partial charge in [-0.15, -0.1) is 24.0 Å². The summed E-state index contributed by atoms with van der Waals surface area (Å²) in [5.41, 5.74) is 4.21. The summed E-state index contributed by atoms with van der Waals surface area (Å²) in [7, 11) is 1.70. The smallest absolute Gasteiger partial charge is 0.221 e. The lowest BCUT2D eigenvalue weighted by Gasteiger charge is -2.14. The van der Waals surface area contributed by atoms with Crippen LogP contribution in [0.1, 0.15) is 37.0 Å². The fraction of sp³-hybridized carbons (Fsp3) is 0.440. The van der Waals surface area contributed by atoms with Gasteiger partial charge in [0.25, 0.3) is 0 Å². The fourth-order valence-electron chi connectivity index (χ4n) is 3.10. The number of carbonyl (C=O) groups is 1. The van der Waals surface area contributed by atoms with Crippen molar-refractivity contribution in [3.8, 4) is 5.75 Å². The molecule has 33 heavy (non-hydrogen) atoms. The first-order valence-electron chi connectivity index (χ1n) is 11.1. The molecule has 0 saturated heterocycles. The summed E-state index contributed by atoms with van der Waals surface area (Å²) in [6.07, 6.45) is 1.70. The summed E-state index contributed by atoms with van der Waals surface area (Å²) in [5, 5.41) is 9.47. The lowest BCUT2D eigenvalue weighted by atomic mass is 10.1. The number of hydrogen-bond donors (Lipinski definition) is 3. The van der Waals surface area contributed by atoms with Crippen LogP contribution >= 0.6 is 24.0 Å². The Bertz CT molecular complexity index is 872. The zero-order valence-electron chi connectivity index (χ0n) is 20.1. The zero-order valence-corrected chi connectivity index (χ0v) is 22.4. The number of hydrogen-bond acceptors (Lipinski definition) is 4. The molecule has 0 saturated carbocycles. The molecule has 0 aliphatic rings. The molecule has 0 spiro atoms. The highest BCUT2D eigenvalue weighted by molar-refractivity contribution is 14.0. The van der Waals surface area contributed by atoms with Crippen LogP contribution in [0.25, 0.3) is 0 Å². The van der Waals surface area contributed by atoms with E-state index in [2.05, 4.69) is 41.1 Å². The molecule has 182 valence electrons. The molecule has 2 aromatic carbocycles. The maximum atomic E-state index is 11.1. The van der Waals surface area contributed by atoms with E-state index in [0.29, 0.717) is 19.8 Å². The zero-order chi connectivity index (χ0) is 23.2. The first kappa shape index (κ1) is 28.7. The summed E-state index contributed by atoms with van der Waals surface area (Å²) in [5.74, 6) is 1.58.